The minimum Gasteiger partial charge on any atom is -0.336 e. The van der Waals surface area contributed by atoms with Gasteiger partial charge in [0, 0.05) is 82.6 Å². The Morgan fingerprint density at radius 1 is 1.02 bits per heavy atom. The number of rotatable bonds is 9. The summed E-state index contributed by atoms with van der Waals surface area (Å²) in [6, 6.07) is 5.19. The molecule has 2 aliphatic carbocycles. The highest BCUT2D eigenvalue weighted by Gasteiger charge is 2.42. The summed E-state index contributed by atoms with van der Waals surface area (Å²) < 4.78 is 6.20. The van der Waals surface area contributed by atoms with Crippen molar-refractivity contribution in [1.29, 1.82) is 0 Å². The predicted octanol–water partition coefficient (Wildman–Crippen LogP) is 2.86. The molecule has 5 heterocycles. The average molecular weight is 545 g/mol. The highest BCUT2D eigenvalue weighted by molar-refractivity contribution is 6.07. The number of carbonyl (C=O) groups excluding carboxylic acids is 1. The van der Waals surface area contributed by atoms with Crippen molar-refractivity contribution in [2.45, 2.75) is 64.2 Å². The van der Waals surface area contributed by atoms with Gasteiger partial charge in [-0.15, -0.1) is 0 Å². The lowest BCUT2D eigenvalue weighted by atomic mass is 10.2. The molecule has 11 nitrogen and oxygen atoms in total. The van der Waals surface area contributed by atoms with Crippen molar-refractivity contribution < 1.29 is 4.79 Å². The second-order valence-electron chi connectivity index (χ2n) is 11.9. The van der Waals surface area contributed by atoms with Gasteiger partial charge in [0.2, 0.25) is 5.91 Å². The van der Waals surface area contributed by atoms with Crippen molar-refractivity contribution in [3.05, 3.63) is 29.8 Å². The van der Waals surface area contributed by atoms with Crippen LogP contribution in [-0.2, 0) is 38.4 Å². The SMILES string of the molecule is CCn1c(CC(=O)N(C2CC2)C2CC2)cc2c3c(ncn3C)c(Nc3cc(CN4CCN(C)CC4)n(C)n3)nc21. The lowest BCUT2D eigenvalue weighted by Gasteiger charge is -2.32. The summed E-state index contributed by atoms with van der Waals surface area (Å²) in [5.41, 5.74) is 4.89. The maximum atomic E-state index is 13.4. The third-order valence-corrected chi connectivity index (χ3v) is 8.81. The number of anilines is 2. The number of amides is 1. The minimum absolute atomic E-state index is 0.253. The molecule has 11 heteroatoms. The monoisotopic (exact) mass is 544 g/mol. The quantitative estimate of drug-likeness (QED) is 0.346. The van der Waals surface area contributed by atoms with Crippen LogP contribution >= 0.6 is 0 Å². The zero-order valence-electron chi connectivity index (χ0n) is 24.1. The number of aromatic nitrogens is 6. The third-order valence-electron chi connectivity index (χ3n) is 8.81. The number of likely N-dealkylation sites (N-methyl/N-ethyl adjacent to an activating group) is 1. The molecule has 0 radical (unpaired) electrons. The fourth-order valence-electron chi connectivity index (χ4n) is 6.28. The molecule has 7 rings (SSSR count). The summed E-state index contributed by atoms with van der Waals surface area (Å²) in [5, 5.41) is 9.29. The van der Waals surface area contributed by atoms with E-state index in [2.05, 4.69) is 50.7 Å². The Hall–Kier alpha value is -3.44. The van der Waals surface area contributed by atoms with Gasteiger partial charge >= 0.3 is 0 Å². The van der Waals surface area contributed by atoms with E-state index in [-0.39, 0.29) is 5.91 Å². The molecule has 0 aromatic carbocycles. The molecule has 1 saturated heterocycles. The standard InChI is InChI=1S/C29H40N10O/c1-5-38-21(16-25(40)39(19-6-7-19)20-8-9-20)14-23-27-26(30-18-35(27)3)28(32-29(23)38)31-24-15-22(36(4)33-24)17-37-12-10-34(2)11-13-37/h14-15,18-20H,5-13,16-17H2,1-4H3,(H,31,32,33). The first-order valence-corrected chi connectivity index (χ1v) is 14.7. The van der Waals surface area contributed by atoms with Crippen LogP contribution in [0.1, 0.15) is 44.0 Å². The van der Waals surface area contributed by atoms with Crippen LogP contribution in [0.4, 0.5) is 11.6 Å². The smallest absolute Gasteiger partial charge is 0.229 e. The van der Waals surface area contributed by atoms with E-state index >= 15 is 0 Å². The summed E-state index contributed by atoms with van der Waals surface area (Å²) >= 11 is 0. The van der Waals surface area contributed by atoms with E-state index in [1.54, 1.807) is 0 Å². The average Bonchev–Trinajstić information content (AvgIpc) is 3.85. The van der Waals surface area contributed by atoms with Gasteiger partial charge in [-0.2, -0.15) is 5.10 Å². The highest BCUT2D eigenvalue weighted by atomic mass is 16.2. The number of hydrogen-bond donors (Lipinski definition) is 1. The van der Waals surface area contributed by atoms with Crippen LogP contribution in [0.2, 0.25) is 0 Å². The van der Waals surface area contributed by atoms with E-state index in [1.807, 2.05) is 29.7 Å². The van der Waals surface area contributed by atoms with E-state index in [4.69, 9.17) is 15.1 Å². The van der Waals surface area contributed by atoms with Crippen LogP contribution in [0, 0.1) is 0 Å². The highest BCUT2D eigenvalue weighted by Crippen LogP contribution is 2.38. The van der Waals surface area contributed by atoms with Gasteiger partial charge in [-0.3, -0.25) is 14.4 Å². The largest absolute Gasteiger partial charge is 0.336 e. The fourth-order valence-corrected chi connectivity index (χ4v) is 6.28. The zero-order valence-corrected chi connectivity index (χ0v) is 24.1. The first kappa shape index (κ1) is 25.5. The van der Waals surface area contributed by atoms with Crippen molar-refractivity contribution in [2.24, 2.45) is 14.1 Å². The molecule has 1 N–H and O–H groups in total. The number of hydrogen-bond acceptors (Lipinski definition) is 7. The van der Waals surface area contributed by atoms with Crippen molar-refractivity contribution in [1.82, 2.24) is 43.6 Å². The molecular weight excluding hydrogens is 504 g/mol. The van der Waals surface area contributed by atoms with Gasteiger partial charge in [0.1, 0.15) is 11.2 Å². The number of piperazine rings is 1. The third kappa shape index (κ3) is 4.64. The van der Waals surface area contributed by atoms with Crippen molar-refractivity contribution in [3.63, 3.8) is 0 Å². The Bertz CT molecular complexity index is 1550. The molecule has 4 aromatic heterocycles. The van der Waals surface area contributed by atoms with Gasteiger partial charge in [0.25, 0.3) is 0 Å². The summed E-state index contributed by atoms with van der Waals surface area (Å²) in [6.45, 7) is 8.05. The van der Waals surface area contributed by atoms with Crippen LogP contribution in [0.5, 0.6) is 0 Å². The molecule has 0 spiro atoms. The maximum Gasteiger partial charge on any atom is 0.229 e. The second-order valence-corrected chi connectivity index (χ2v) is 11.9. The number of nitrogens with zero attached hydrogens (tertiary/aromatic N) is 9. The molecule has 0 atom stereocenters. The van der Waals surface area contributed by atoms with E-state index in [1.165, 1.54) is 5.69 Å². The van der Waals surface area contributed by atoms with Crippen LogP contribution in [0.3, 0.4) is 0 Å². The van der Waals surface area contributed by atoms with Gasteiger partial charge in [-0.1, -0.05) is 0 Å². The molecule has 2 saturated carbocycles. The fraction of sp³-hybridized carbons (Fsp3) is 0.586. The number of fused-ring (bicyclic) bond motifs is 3. The first-order chi connectivity index (χ1) is 19.4. The van der Waals surface area contributed by atoms with Crippen molar-refractivity contribution >= 4 is 39.6 Å². The first-order valence-electron chi connectivity index (χ1n) is 14.7. The number of carbonyl (C=O) groups is 1. The summed E-state index contributed by atoms with van der Waals surface area (Å²) in [7, 11) is 6.20. The molecule has 3 fully saturated rings. The molecule has 0 bridgehead atoms. The van der Waals surface area contributed by atoms with Crippen LogP contribution < -0.4 is 5.32 Å². The Labute approximate surface area is 234 Å². The molecule has 1 aliphatic heterocycles. The maximum absolute atomic E-state index is 13.4. The van der Waals surface area contributed by atoms with Gasteiger partial charge in [0.05, 0.1) is 24.0 Å². The Balaban J connectivity index is 1.20. The Morgan fingerprint density at radius 2 is 1.75 bits per heavy atom. The second kappa shape index (κ2) is 9.88. The predicted molar refractivity (Wildman–Crippen MR) is 156 cm³/mol. The van der Waals surface area contributed by atoms with Gasteiger partial charge in [0.15, 0.2) is 11.6 Å². The molecule has 0 unspecified atom stereocenters. The van der Waals surface area contributed by atoms with Gasteiger partial charge in [-0.25, -0.2) is 9.97 Å². The molecule has 4 aromatic rings. The van der Waals surface area contributed by atoms with Crippen LogP contribution in [0.25, 0.3) is 22.1 Å². The molecule has 1 amide bonds. The topological polar surface area (TPSA) is 92.3 Å². The summed E-state index contributed by atoms with van der Waals surface area (Å²) in [4.78, 5) is 30.3. The van der Waals surface area contributed by atoms with Gasteiger partial charge < -0.3 is 24.3 Å². The Kier molecular flexibility index (Phi) is 6.31. The van der Waals surface area contributed by atoms with Crippen LogP contribution in [-0.4, -0.2) is 94.8 Å². The Morgan fingerprint density at radius 3 is 2.42 bits per heavy atom. The lowest BCUT2D eigenvalue weighted by Crippen LogP contribution is -2.44. The summed E-state index contributed by atoms with van der Waals surface area (Å²) in [6.07, 6.45) is 6.84. The number of nitrogens with one attached hydrogen (secondary N) is 1. The van der Waals surface area contributed by atoms with Crippen molar-refractivity contribution in [2.75, 3.05) is 38.5 Å². The molecule has 3 aliphatic rings. The molecular formula is C29H40N10O. The zero-order chi connectivity index (χ0) is 27.5. The normalized spacial score (nSPS) is 18.7. The van der Waals surface area contributed by atoms with Gasteiger partial charge in [-0.05, 0) is 45.7 Å². The minimum atomic E-state index is 0.253. The van der Waals surface area contributed by atoms with Crippen molar-refractivity contribution in [3.8, 4) is 0 Å². The van der Waals surface area contributed by atoms with E-state index in [0.29, 0.717) is 24.3 Å². The van der Waals surface area contributed by atoms with E-state index in [9.17, 15) is 4.79 Å². The van der Waals surface area contributed by atoms with Crippen LogP contribution in [0.15, 0.2) is 18.5 Å². The number of imidazole rings is 1. The molecule has 212 valence electrons. The molecule has 40 heavy (non-hydrogen) atoms. The number of aryl methyl sites for hydroxylation is 3. The number of pyridine rings is 1. The lowest BCUT2D eigenvalue weighted by molar-refractivity contribution is -0.131. The van der Waals surface area contributed by atoms with E-state index < -0.39 is 0 Å². The van der Waals surface area contributed by atoms with E-state index in [0.717, 1.165) is 98.5 Å². The summed E-state index contributed by atoms with van der Waals surface area (Å²) in [5.74, 6) is 1.71.